The number of thiazole rings is 1. The first-order chi connectivity index (χ1) is 10.5. The van der Waals surface area contributed by atoms with Crippen molar-refractivity contribution in [3.05, 3.63) is 27.7 Å². The number of rotatable bonds is 4. The van der Waals surface area contributed by atoms with Gasteiger partial charge in [-0.05, 0) is 13.3 Å². The summed E-state index contributed by atoms with van der Waals surface area (Å²) < 4.78 is 2.09. The number of aromatic nitrogens is 4. The van der Waals surface area contributed by atoms with E-state index in [-0.39, 0.29) is 11.9 Å². The van der Waals surface area contributed by atoms with Crippen LogP contribution < -0.4 is 5.32 Å². The predicted octanol–water partition coefficient (Wildman–Crippen LogP) is 1.84. The number of aryl methyl sites for hydroxylation is 2. The van der Waals surface area contributed by atoms with E-state index in [1.807, 2.05) is 12.3 Å². The number of hydrogen-bond acceptors (Lipinski definition) is 5. The Morgan fingerprint density at radius 2 is 2.32 bits per heavy atom. The lowest BCUT2D eigenvalue weighted by atomic mass is 10.1. The highest BCUT2D eigenvalue weighted by molar-refractivity contribution is 7.09. The van der Waals surface area contributed by atoms with E-state index in [9.17, 15) is 4.79 Å². The van der Waals surface area contributed by atoms with Crippen LogP contribution in [0.4, 0.5) is 0 Å². The molecule has 1 aliphatic rings. The Bertz CT molecular complexity index is 675. The maximum atomic E-state index is 12.2. The molecule has 0 spiro atoms. The van der Waals surface area contributed by atoms with Crippen molar-refractivity contribution in [2.24, 2.45) is 0 Å². The fourth-order valence-electron chi connectivity index (χ4n) is 2.69. The largest absolute Gasteiger partial charge is 0.351 e. The zero-order valence-corrected chi connectivity index (χ0v) is 14.0. The number of nitrogens with one attached hydrogen (secondary N) is 1. The molecule has 0 aliphatic carbocycles. The minimum Gasteiger partial charge on any atom is -0.351 e. The standard InChI is InChI=1S/C15H21N5OS/c1-9(2)15-17-12(8-22-15)6-14(21)16-11-4-5-13-19-18-10(3)20(13)7-11/h8-9,11H,4-7H2,1-3H3,(H,16,21). The fraction of sp³-hybridized carbons (Fsp3) is 0.600. The normalized spacial score (nSPS) is 17.5. The quantitative estimate of drug-likeness (QED) is 0.933. The highest BCUT2D eigenvalue weighted by atomic mass is 32.1. The van der Waals surface area contributed by atoms with E-state index < -0.39 is 0 Å². The summed E-state index contributed by atoms with van der Waals surface area (Å²) in [6, 6.07) is 0.151. The van der Waals surface area contributed by atoms with Crippen molar-refractivity contribution >= 4 is 17.2 Å². The Morgan fingerprint density at radius 1 is 1.50 bits per heavy atom. The minimum absolute atomic E-state index is 0.0415. The summed E-state index contributed by atoms with van der Waals surface area (Å²) in [5.41, 5.74) is 0.864. The summed E-state index contributed by atoms with van der Waals surface area (Å²) in [5.74, 6) is 2.38. The molecule has 3 heterocycles. The smallest absolute Gasteiger partial charge is 0.226 e. The highest BCUT2D eigenvalue weighted by Gasteiger charge is 2.23. The monoisotopic (exact) mass is 319 g/mol. The molecule has 7 heteroatoms. The van der Waals surface area contributed by atoms with Crippen molar-refractivity contribution in [3.63, 3.8) is 0 Å². The summed E-state index contributed by atoms with van der Waals surface area (Å²) in [7, 11) is 0. The third kappa shape index (κ3) is 3.19. The molecule has 1 amide bonds. The fourth-order valence-corrected chi connectivity index (χ4v) is 3.53. The van der Waals surface area contributed by atoms with Crippen LogP contribution in [0.2, 0.25) is 0 Å². The summed E-state index contributed by atoms with van der Waals surface area (Å²) in [4.78, 5) is 16.7. The maximum absolute atomic E-state index is 12.2. The molecular formula is C15H21N5OS. The minimum atomic E-state index is 0.0415. The van der Waals surface area contributed by atoms with Gasteiger partial charge in [0.05, 0.1) is 17.1 Å². The molecule has 0 aromatic carbocycles. The lowest BCUT2D eigenvalue weighted by molar-refractivity contribution is -0.121. The van der Waals surface area contributed by atoms with Crippen LogP contribution >= 0.6 is 11.3 Å². The number of nitrogens with zero attached hydrogens (tertiary/aromatic N) is 4. The van der Waals surface area contributed by atoms with Gasteiger partial charge in [0.1, 0.15) is 11.6 Å². The van der Waals surface area contributed by atoms with E-state index in [2.05, 4.69) is 38.9 Å². The molecule has 1 aliphatic heterocycles. The summed E-state index contributed by atoms with van der Waals surface area (Å²) >= 11 is 1.63. The van der Waals surface area contributed by atoms with Crippen LogP contribution in [0.3, 0.4) is 0 Å². The van der Waals surface area contributed by atoms with E-state index in [1.165, 1.54) is 0 Å². The molecule has 0 radical (unpaired) electrons. The topological polar surface area (TPSA) is 72.7 Å². The lowest BCUT2D eigenvalue weighted by Crippen LogP contribution is -2.41. The third-order valence-electron chi connectivity index (χ3n) is 3.90. The Morgan fingerprint density at radius 3 is 3.05 bits per heavy atom. The van der Waals surface area contributed by atoms with Crippen LogP contribution in [0.25, 0.3) is 0 Å². The number of carbonyl (C=O) groups excluding carboxylic acids is 1. The van der Waals surface area contributed by atoms with Crippen molar-refractivity contribution in [1.82, 2.24) is 25.1 Å². The Balaban J connectivity index is 1.57. The Labute approximate surface area is 134 Å². The molecule has 0 saturated heterocycles. The van der Waals surface area contributed by atoms with E-state index in [0.29, 0.717) is 12.3 Å². The number of hydrogen-bond donors (Lipinski definition) is 1. The van der Waals surface area contributed by atoms with Crippen molar-refractivity contribution < 1.29 is 4.79 Å². The van der Waals surface area contributed by atoms with Crippen LogP contribution in [0.1, 0.15) is 48.5 Å². The molecule has 0 fully saturated rings. The van der Waals surface area contributed by atoms with E-state index >= 15 is 0 Å². The first-order valence-electron chi connectivity index (χ1n) is 7.65. The first kappa shape index (κ1) is 15.1. The van der Waals surface area contributed by atoms with E-state index in [0.717, 1.165) is 41.7 Å². The molecule has 118 valence electrons. The molecule has 0 bridgehead atoms. The van der Waals surface area contributed by atoms with Crippen molar-refractivity contribution in [2.45, 2.75) is 58.5 Å². The van der Waals surface area contributed by atoms with Gasteiger partial charge in [0.25, 0.3) is 0 Å². The third-order valence-corrected chi connectivity index (χ3v) is 5.10. The number of amides is 1. The Kier molecular flexibility index (Phi) is 4.24. The van der Waals surface area contributed by atoms with Crippen molar-refractivity contribution in [2.75, 3.05) is 0 Å². The molecule has 1 unspecified atom stereocenters. The van der Waals surface area contributed by atoms with E-state index in [4.69, 9.17) is 0 Å². The van der Waals surface area contributed by atoms with Gasteiger partial charge in [-0.3, -0.25) is 4.79 Å². The maximum Gasteiger partial charge on any atom is 0.226 e. The molecule has 3 rings (SSSR count). The summed E-state index contributed by atoms with van der Waals surface area (Å²) in [6.45, 7) is 6.94. The molecule has 1 N–H and O–H groups in total. The van der Waals surface area contributed by atoms with Gasteiger partial charge in [-0.25, -0.2) is 4.98 Å². The van der Waals surface area contributed by atoms with Gasteiger partial charge >= 0.3 is 0 Å². The molecule has 0 saturated carbocycles. The molecule has 2 aromatic heterocycles. The lowest BCUT2D eigenvalue weighted by Gasteiger charge is -2.24. The predicted molar refractivity (Wildman–Crippen MR) is 84.9 cm³/mol. The van der Waals surface area contributed by atoms with Gasteiger partial charge in [-0.2, -0.15) is 0 Å². The molecular weight excluding hydrogens is 298 g/mol. The second kappa shape index (κ2) is 6.16. The van der Waals surface area contributed by atoms with Crippen LogP contribution in [-0.2, 0) is 24.2 Å². The van der Waals surface area contributed by atoms with Crippen LogP contribution in [0.15, 0.2) is 5.38 Å². The van der Waals surface area contributed by atoms with Crippen molar-refractivity contribution in [3.8, 4) is 0 Å². The Hall–Kier alpha value is -1.76. The zero-order valence-electron chi connectivity index (χ0n) is 13.2. The zero-order chi connectivity index (χ0) is 15.7. The van der Waals surface area contributed by atoms with E-state index in [1.54, 1.807) is 11.3 Å². The summed E-state index contributed by atoms with van der Waals surface area (Å²) in [5, 5.41) is 14.4. The SMILES string of the molecule is Cc1nnc2n1CC(NC(=O)Cc1csc(C(C)C)n1)CC2. The van der Waals surface area contributed by atoms with Gasteiger partial charge in [0, 0.05) is 30.3 Å². The molecule has 22 heavy (non-hydrogen) atoms. The first-order valence-corrected chi connectivity index (χ1v) is 8.53. The van der Waals surface area contributed by atoms with Gasteiger partial charge in [-0.1, -0.05) is 13.8 Å². The van der Waals surface area contributed by atoms with Gasteiger partial charge in [0.2, 0.25) is 5.91 Å². The van der Waals surface area contributed by atoms with Crippen LogP contribution in [-0.4, -0.2) is 31.7 Å². The van der Waals surface area contributed by atoms with Gasteiger partial charge in [0.15, 0.2) is 0 Å². The number of carbonyl (C=O) groups is 1. The number of fused-ring (bicyclic) bond motifs is 1. The highest BCUT2D eigenvalue weighted by Crippen LogP contribution is 2.19. The average Bonchev–Trinajstić information content (AvgIpc) is 3.07. The van der Waals surface area contributed by atoms with Gasteiger partial charge in [-0.15, -0.1) is 21.5 Å². The average molecular weight is 319 g/mol. The van der Waals surface area contributed by atoms with Crippen LogP contribution in [0.5, 0.6) is 0 Å². The second-order valence-electron chi connectivity index (χ2n) is 6.09. The van der Waals surface area contributed by atoms with Crippen molar-refractivity contribution in [1.29, 1.82) is 0 Å². The second-order valence-corrected chi connectivity index (χ2v) is 6.98. The molecule has 1 atom stereocenters. The molecule has 2 aromatic rings. The van der Waals surface area contributed by atoms with Crippen LogP contribution in [0, 0.1) is 6.92 Å². The summed E-state index contributed by atoms with van der Waals surface area (Å²) in [6.07, 6.45) is 2.13. The molecule has 6 nitrogen and oxygen atoms in total. The van der Waals surface area contributed by atoms with Gasteiger partial charge < -0.3 is 9.88 Å².